The minimum atomic E-state index is 0.0279. The van der Waals surface area contributed by atoms with Gasteiger partial charge in [0.05, 0.1) is 24.5 Å². The van der Waals surface area contributed by atoms with Crippen molar-refractivity contribution in [3.8, 4) is 0 Å². The molecule has 2 aromatic heterocycles. The molecule has 0 fully saturated rings. The highest BCUT2D eigenvalue weighted by Crippen LogP contribution is 2.22. The maximum atomic E-state index is 9.15. The van der Waals surface area contributed by atoms with Crippen molar-refractivity contribution in [3.63, 3.8) is 0 Å². The molecule has 0 saturated carbocycles. The molecule has 0 aliphatic rings. The molecular weight excluding hydrogens is 204 g/mol. The highest BCUT2D eigenvalue weighted by Gasteiger charge is 2.15. The Morgan fingerprint density at radius 3 is 2.94 bits per heavy atom. The summed E-state index contributed by atoms with van der Waals surface area (Å²) in [7, 11) is 3.87. The molecule has 0 amide bonds. The van der Waals surface area contributed by atoms with E-state index in [2.05, 4.69) is 9.97 Å². The van der Waals surface area contributed by atoms with Crippen molar-refractivity contribution in [1.29, 1.82) is 0 Å². The molecule has 86 valence electrons. The van der Waals surface area contributed by atoms with Crippen LogP contribution < -0.4 is 4.90 Å². The maximum Gasteiger partial charge on any atom is 0.156 e. The second kappa shape index (κ2) is 4.09. The highest BCUT2D eigenvalue weighted by atomic mass is 16.3. The van der Waals surface area contributed by atoms with Crippen LogP contribution in [0.3, 0.4) is 0 Å². The van der Waals surface area contributed by atoms with Gasteiger partial charge in [0.25, 0.3) is 0 Å². The van der Waals surface area contributed by atoms with Crippen LogP contribution in [0.4, 0.5) is 5.82 Å². The van der Waals surface area contributed by atoms with Crippen molar-refractivity contribution in [1.82, 2.24) is 14.5 Å². The third-order valence-corrected chi connectivity index (χ3v) is 2.88. The summed E-state index contributed by atoms with van der Waals surface area (Å²) in [6.45, 7) is 2.05. The van der Waals surface area contributed by atoms with E-state index in [4.69, 9.17) is 5.11 Å². The van der Waals surface area contributed by atoms with E-state index in [0.717, 1.165) is 16.9 Å². The summed E-state index contributed by atoms with van der Waals surface area (Å²) < 4.78 is 1.96. The Kier molecular flexibility index (Phi) is 2.78. The van der Waals surface area contributed by atoms with Crippen LogP contribution in [-0.2, 0) is 7.05 Å². The first-order valence-corrected chi connectivity index (χ1v) is 5.25. The number of anilines is 1. The number of fused-ring (bicyclic) bond motifs is 1. The minimum absolute atomic E-state index is 0.0279. The number of likely N-dealkylation sites (N-methyl/N-ethyl adjacent to an activating group) is 1. The summed E-state index contributed by atoms with van der Waals surface area (Å²) in [4.78, 5) is 10.6. The lowest BCUT2D eigenvalue weighted by Gasteiger charge is -2.24. The predicted octanol–water partition coefficient (Wildman–Crippen LogP) is 0.785. The lowest BCUT2D eigenvalue weighted by Crippen LogP contribution is -2.32. The number of pyridine rings is 1. The molecule has 2 aromatic rings. The number of imidazole rings is 1. The van der Waals surface area contributed by atoms with Gasteiger partial charge in [0, 0.05) is 20.3 Å². The number of hydrogen-bond donors (Lipinski definition) is 1. The van der Waals surface area contributed by atoms with Gasteiger partial charge in [-0.05, 0) is 13.0 Å². The summed E-state index contributed by atoms with van der Waals surface area (Å²) >= 11 is 0. The van der Waals surface area contributed by atoms with Gasteiger partial charge in [-0.3, -0.25) is 0 Å². The molecule has 5 nitrogen and oxygen atoms in total. The quantitative estimate of drug-likeness (QED) is 0.830. The fourth-order valence-corrected chi connectivity index (χ4v) is 1.64. The Morgan fingerprint density at radius 2 is 2.25 bits per heavy atom. The lowest BCUT2D eigenvalue weighted by molar-refractivity contribution is 0.270. The number of nitrogens with zero attached hydrogens (tertiary/aromatic N) is 4. The van der Waals surface area contributed by atoms with Gasteiger partial charge in [0.15, 0.2) is 5.82 Å². The predicted molar refractivity (Wildman–Crippen MR) is 63.5 cm³/mol. The summed E-state index contributed by atoms with van der Waals surface area (Å²) in [5, 5.41) is 9.15. The van der Waals surface area contributed by atoms with E-state index >= 15 is 0 Å². The summed E-state index contributed by atoms with van der Waals surface area (Å²) in [6.07, 6.45) is 3.53. The Hall–Kier alpha value is -1.62. The van der Waals surface area contributed by atoms with Crippen LogP contribution in [0.25, 0.3) is 11.0 Å². The fourth-order valence-electron chi connectivity index (χ4n) is 1.64. The molecule has 0 aromatic carbocycles. The van der Waals surface area contributed by atoms with E-state index in [0.29, 0.717) is 0 Å². The molecule has 2 heterocycles. The molecule has 1 unspecified atom stereocenters. The molecule has 0 saturated heterocycles. The third kappa shape index (κ3) is 1.63. The number of rotatable bonds is 3. The molecule has 16 heavy (non-hydrogen) atoms. The molecule has 2 rings (SSSR count). The highest BCUT2D eigenvalue weighted by molar-refractivity contribution is 5.86. The average Bonchev–Trinajstić information content (AvgIpc) is 2.69. The summed E-state index contributed by atoms with van der Waals surface area (Å²) in [5.41, 5.74) is 1.91. The van der Waals surface area contributed by atoms with Crippen molar-refractivity contribution in [2.24, 2.45) is 7.05 Å². The number of aliphatic hydroxyl groups excluding tert-OH is 1. The number of aryl methyl sites for hydroxylation is 1. The van der Waals surface area contributed by atoms with E-state index in [9.17, 15) is 0 Å². The maximum absolute atomic E-state index is 9.15. The fraction of sp³-hybridized carbons (Fsp3) is 0.455. The first kappa shape index (κ1) is 10.9. The molecule has 0 aliphatic carbocycles. The Labute approximate surface area is 94.4 Å². The summed E-state index contributed by atoms with van der Waals surface area (Å²) in [6, 6.07) is 1.96. The number of aliphatic hydroxyl groups is 1. The van der Waals surface area contributed by atoms with Crippen molar-refractivity contribution in [3.05, 3.63) is 18.6 Å². The van der Waals surface area contributed by atoms with Crippen LogP contribution in [0.2, 0.25) is 0 Å². The van der Waals surface area contributed by atoms with E-state index < -0.39 is 0 Å². The van der Waals surface area contributed by atoms with Crippen molar-refractivity contribution in [2.45, 2.75) is 13.0 Å². The van der Waals surface area contributed by atoms with Crippen LogP contribution in [-0.4, -0.2) is 39.3 Å². The zero-order valence-corrected chi connectivity index (χ0v) is 9.75. The van der Waals surface area contributed by atoms with Gasteiger partial charge < -0.3 is 14.6 Å². The Bertz CT molecular complexity index is 494. The van der Waals surface area contributed by atoms with Crippen molar-refractivity contribution >= 4 is 16.9 Å². The smallest absolute Gasteiger partial charge is 0.156 e. The summed E-state index contributed by atoms with van der Waals surface area (Å²) in [5.74, 6) is 0.805. The third-order valence-electron chi connectivity index (χ3n) is 2.88. The topological polar surface area (TPSA) is 54.2 Å². The van der Waals surface area contributed by atoms with Gasteiger partial charge in [0.1, 0.15) is 5.52 Å². The van der Waals surface area contributed by atoms with Gasteiger partial charge >= 0.3 is 0 Å². The second-order valence-corrected chi connectivity index (χ2v) is 4.00. The van der Waals surface area contributed by atoms with E-state index in [1.807, 2.05) is 36.6 Å². The number of hydrogen-bond acceptors (Lipinski definition) is 4. The molecule has 0 radical (unpaired) electrons. The van der Waals surface area contributed by atoms with E-state index in [1.54, 1.807) is 12.5 Å². The van der Waals surface area contributed by atoms with Gasteiger partial charge in [-0.1, -0.05) is 0 Å². The van der Waals surface area contributed by atoms with Gasteiger partial charge in [-0.25, -0.2) is 9.97 Å². The zero-order valence-electron chi connectivity index (χ0n) is 9.75. The second-order valence-electron chi connectivity index (χ2n) is 4.00. The first-order chi connectivity index (χ1) is 7.65. The Balaban J connectivity index is 2.52. The van der Waals surface area contributed by atoms with E-state index in [1.165, 1.54) is 0 Å². The molecule has 0 bridgehead atoms. The zero-order chi connectivity index (χ0) is 11.7. The first-order valence-electron chi connectivity index (χ1n) is 5.25. The molecule has 0 spiro atoms. The largest absolute Gasteiger partial charge is 0.394 e. The molecule has 5 heteroatoms. The molecule has 1 N–H and O–H groups in total. The average molecular weight is 220 g/mol. The van der Waals surface area contributed by atoms with Crippen LogP contribution in [0.15, 0.2) is 18.6 Å². The minimum Gasteiger partial charge on any atom is -0.394 e. The van der Waals surface area contributed by atoms with Crippen LogP contribution >= 0.6 is 0 Å². The van der Waals surface area contributed by atoms with Crippen LogP contribution in [0, 0.1) is 0 Å². The van der Waals surface area contributed by atoms with Crippen molar-refractivity contribution < 1.29 is 5.11 Å². The van der Waals surface area contributed by atoms with Crippen molar-refractivity contribution in [2.75, 3.05) is 18.6 Å². The van der Waals surface area contributed by atoms with Crippen LogP contribution in [0.1, 0.15) is 6.92 Å². The van der Waals surface area contributed by atoms with Gasteiger partial charge in [-0.2, -0.15) is 0 Å². The monoisotopic (exact) mass is 220 g/mol. The normalized spacial score (nSPS) is 13.0. The van der Waals surface area contributed by atoms with E-state index in [-0.39, 0.29) is 12.6 Å². The number of aromatic nitrogens is 3. The molecular formula is C11H16N4O. The van der Waals surface area contributed by atoms with Crippen LogP contribution in [0.5, 0.6) is 0 Å². The Morgan fingerprint density at radius 1 is 1.50 bits per heavy atom. The lowest BCUT2D eigenvalue weighted by atomic mass is 10.3. The standard InChI is InChI=1S/C11H16N4O/c1-8(6-16)15(3)11-10-9(4-5-12-11)14(2)7-13-10/h4-5,7-8,16H,6H2,1-3H3. The molecule has 0 aliphatic heterocycles. The van der Waals surface area contributed by atoms with Gasteiger partial charge in [-0.15, -0.1) is 0 Å². The van der Waals surface area contributed by atoms with Gasteiger partial charge in [0.2, 0.25) is 0 Å². The molecule has 1 atom stereocenters. The SMILES string of the molecule is CC(CO)N(C)c1nccc2c1ncn2C.